The minimum atomic E-state index is -0.838. The molecule has 0 aliphatic carbocycles. The Morgan fingerprint density at radius 2 is 1.86 bits per heavy atom. The fourth-order valence-corrected chi connectivity index (χ4v) is 2.49. The molecular formula is C18H13FN6O4. The third-order valence-corrected chi connectivity index (χ3v) is 3.87. The van der Waals surface area contributed by atoms with Crippen molar-refractivity contribution in [3.63, 3.8) is 0 Å². The van der Waals surface area contributed by atoms with Crippen molar-refractivity contribution in [1.29, 1.82) is 0 Å². The molecule has 2 aromatic carbocycles. The van der Waals surface area contributed by atoms with E-state index in [4.69, 9.17) is 9.15 Å². The van der Waals surface area contributed by atoms with Crippen molar-refractivity contribution < 1.29 is 18.3 Å². The zero-order chi connectivity index (χ0) is 20.2. The molecule has 0 fully saturated rings. The smallest absolute Gasteiger partial charge is 0.437 e. The Morgan fingerprint density at radius 1 is 1.10 bits per heavy atom. The Bertz CT molecular complexity index is 1180. The predicted molar refractivity (Wildman–Crippen MR) is 95.1 cm³/mol. The monoisotopic (exact) mass is 396 g/mol. The number of ether oxygens (including phenoxy) is 1. The van der Waals surface area contributed by atoms with Gasteiger partial charge in [0.1, 0.15) is 12.4 Å². The molecule has 0 saturated heterocycles. The number of rotatable bonds is 6. The number of halogens is 1. The van der Waals surface area contributed by atoms with E-state index in [-0.39, 0.29) is 12.5 Å². The van der Waals surface area contributed by atoms with Gasteiger partial charge in [0.2, 0.25) is 5.89 Å². The zero-order valence-corrected chi connectivity index (χ0v) is 14.8. The molecule has 0 bridgehead atoms. The summed E-state index contributed by atoms with van der Waals surface area (Å²) in [6.07, 6.45) is 0. The van der Waals surface area contributed by atoms with Crippen LogP contribution in [0.2, 0.25) is 0 Å². The van der Waals surface area contributed by atoms with Gasteiger partial charge < -0.3 is 9.15 Å². The normalized spacial score (nSPS) is 10.8. The van der Waals surface area contributed by atoms with Gasteiger partial charge in [0, 0.05) is 5.56 Å². The van der Waals surface area contributed by atoms with Crippen LogP contribution < -0.4 is 5.76 Å². The molecule has 29 heavy (non-hydrogen) atoms. The van der Waals surface area contributed by atoms with E-state index in [1.165, 1.54) is 28.9 Å². The molecule has 11 heteroatoms. The van der Waals surface area contributed by atoms with Gasteiger partial charge in [-0.15, -0.1) is 10.2 Å². The maximum atomic E-state index is 13.0. The van der Waals surface area contributed by atoms with Crippen LogP contribution >= 0.6 is 0 Å². The minimum Gasteiger partial charge on any atom is -0.456 e. The van der Waals surface area contributed by atoms with Crippen molar-refractivity contribution in [2.75, 3.05) is 0 Å². The second kappa shape index (κ2) is 7.84. The van der Waals surface area contributed by atoms with Crippen LogP contribution in [0.3, 0.4) is 0 Å². The summed E-state index contributed by atoms with van der Waals surface area (Å²) in [6, 6.07) is 14.3. The topological polar surface area (TPSA) is 118 Å². The minimum absolute atomic E-state index is 0.0316. The van der Waals surface area contributed by atoms with E-state index >= 15 is 0 Å². The van der Waals surface area contributed by atoms with Gasteiger partial charge >= 0.3 is 11.7 Å². The summed E-state index contributed by atoms with van der Waals surface area (Å²) >= 11 is 0. The molecular weight excluding hydrogens is 383 g/mol. The fraction of sp³-hybridized carbons (Fsp3) is 0.111. The highest BCUT2D eigenvalue weighted by Crippen LogP contribution is 2.15. The van der Waals surface area contributed by atoms with E-state index in [1.54, 1.807) is 12.1 Å². The Balaban J connectivity index is 1.42. The number of nitrogens with zero attached hydrogens (tertiary/aromatic N) is 6. The highest BCUT2D eigenvalue weighted by atomic mass is 19.1. The average Bonchev–Trinajstić information content (AvgIpc) is 3.34. The molecule has 0 amide bonds. The third-order valence-electron chi connectivity index (χ3n) is 3.87. The van der Waals surface area contributed by atoms with Crippen molar-refractivity contribution >= 4 is 5.97 Å². The number of para-hydroxylation sites is 1. The molecule has 4 rings (SSSR count). The molecule has 146 valence electrons. The number of aromatic nitrogens is 6. The van der Waals surface area contributed by atoms with Crippen molar-refractivity contribution in [2.24, 2.45) is 0 Å². The lowest BCUT2D eigenvalue weighted by molar-refractivity contribution is -0.146. The summed E-state index contributed by atoms with van der Waals surface area (Å²) in [7, 11) is 0. The molecule has 2 heterocycles. The molecule has 10 nitrogen and oxygen atoms in total. The molecule has 4 aromatic rings. The van der Waals surface area contributed by atoms with Crippen LogP contribution in [0, 0.1) is 5.82 Å². The fourth-order valence-electron chi connectivity index (χ4n) is 2.49. The van der Waals surface area contributed by atoms with Gasteiger partial charge in [-0.25, -0.2) is 9.18 Å². The highest BCUT2D eigenvalue weighted by Gasteiger charge is 2.16. The molecule has 0 unspecified atom stereocenters. The largest absolute Gasteiger partial charge is 0.456 e. The predicted octanol–water partition coefficient (Wildman–Crippen LogP) is 1.36. The van der Waals surface area contributed by atoms with E-state index in [0.29, 0.717) is 17.1 Å². The van der Waals surface area contributed by atoms with Gasteiger partial charge in [-0.1, -0.05) is 18.2 Å². The first kappa shape index (κ1) is 18.2. The SMILES string of the molecule is O=C(Cn1nc(-c2ccc(F)cc2)oc1=O)OCc1nnnn1-c1ccccc1. The number of benzene rings is 2. The number of carbonyl (C=O) groups excluding carboxylic acids is 1. The van der Waals surface area contributed by atoms with Gasteiger partial charge in [-0.3, -0.25) is 4.79 Å². The van der Waals surface area contributed by atoms with E-state index in [9.17, 15) is 14.0 Å². The van der Waals surface area contributed by atoms with E-state index in [2.05, 4.69) is 20.6 Å². The van der Waals surface area contributed by atoms with Gasteiger partial charge in [-0.05, 0) is 46.8 Å². The molecule has 0 saturated carbocycles. The highest BCUT2D eigenvalue weighted by molar-refractivity contribution is 5.69. The number of hydrogen-bond acceptors (Lipinski definition) is 8. The van der Waals surface area contributed by atoms with Crippen LogP contribution in [0.15, 0.2) is 63.8 Å². The molecule has 2 aromatic heterocycles. The lowest BCUT2D eigenvalue weighted by Gasteiger charge is -2.05. The number of esters is 1. The summed E-state index contributed by atoms with van der Waals surface area (Å²) in [4.78, 5) is 24.0. The van der Waals surface area contributed by atoms with Crippen molar-refractivity contribution in [2.45, 2.75) is 13.2 Å². The number of hydrogen-bond donors (Lipinski definition) is 0. The van der Waals surface area contributed by atoms with E-state index in [1.807, 2.05) is 18.2 Å². The average molecular weight is 396 g/mol. The second-order valence-electron chi connectivity index (χ2n) is 5.84. The summed E-state index contributed by atoms with van der Waals surface area (Å²) in [5.41, 5.74) is 1.11. The van der Waals surface area contributed by atoms with Crippen LogP contribution in [0.4, 0.5) is 4.39 Å². The molecule has 0 N–H and O–H groups in total. The third kappa shape index (κ3) is 4.08. The van der Waals surface area contributed by atoms with Crippen LogP contribution in [-0.2, 0) is 22.7 Å². The van der Waals surface area contributed by atoms with Crippen molar-refractivity contribution in [3.8, 4) is 17.1 Å². The summed E-state index contributed by atoms with van der Waals surface area (Å²) < 4.78 is 25.4. The van der Waals surface area contributed by atoms with Crippen LogP contribution in [0.25, 0.3) is 17.1 Å². The molecule has 0 spiro atoms. The molecule has 0 atom stereocenters. The standard InChI is InChI=1S/C18H13FN6O4/c19-13-8-6-12(7-9-13)17-21-24(18(27)29-17)10-16(26)28-11-15-20-22-23-25(15)14-4-2-1-3-5-14/h1-9H,10-11H2. The van der Waals surface area contributed by atoms with Gasteiger partial charge in [0.25, 0.3) is 0 Å². The number of carbonyl (C=O) groups is 1. The summed E-state index contributed by atoms with van der Waals surface area (Å²) in [6.45, 7) is -0.658. The van der Waals surface area contributed by atoms with E-state index < -0.39 is 24.1 Å². The van der Waals surface area contributed by atoms with Crippen LogP contribution in [-0.4, -0.2) is 36.0 Å². The first-order valence-corrected chi connectivity index (χ1v) is 8.42. The van der Waals surface area contributed by atoms with Crippen LogP contribution in [0.5, 0.6) is 0 Å². The van der Waals surface area contributed by atoms with Crippen molar-refractivity contribution in [1.82, 2.24) is 30.0 Å². The second-order valence-corrected chi connectivity index (χ2v) is 5.84. The lowest BCUT2D eigenvalue weighted by Crippen LogP contribution is -2.23. The Morgan fingerprint density at radius 3 is 2.62 bits per heavy atom. The molecule has 0 radical (unpaired) electrons. The Labute approximate surface area is 162 Å². The van der Waals surface area contributed by atoms with Crippen LogP contribution in [0.1, 0.15) is 5.82 Å². The Hall–Kier alpha value is -4.15. The first-order chi connectivity index (χ1) is 14.1. The van der Waals surface area contributed by atoms with Gasteiger partial charge in [0.15, 0.2) is 12.4 Å². The van der Waals surface area contributed by atoms with Gasteiger partial charge in [-0.2, -0.15) is 9.36 Å². The Kier molecular flexibility index (Phi) is 4.93. The molecule has 0 aliphatic rings. The van der Waals surface area contributed by atoms with E-state index in [0.717, 1.165) is 4.68 Å². The molecule has 0 aliphatic heterocycles. The maximum Gasteiger partial charge on any atom is 0.437 e. The quantitative estimate of drug-likeness (QED) is 0.448. The number of tetrazole rings is 1. The maximum absolute atomic E-state index is 13.0. The van der Waals surface area contributed by atoms with Crippen molar-refractivity contribution in [3.05, 3.63) is 76.8 Å². The summed E-state index contributed by atoms with van der Waals surface area (Å²) in [5.74, 6) is -1.72. The lowest BCUT2D eigenvalue weighted by atomic mass is 10.2. The first-order valence-electron chi connectivity index (χ1n) is 8.42. The van der Waals surface area contributed by atoms with Gasteiger partial charge in [0.05, 0.1) is 5.69 Å². The zero-order valence-electron chi connectivity index (χ0n) is 14.8. The summed E-state index contributed by atoms with van der Waals surface area (Å²) in [5, 5.41) is 15.2.